The molecular weight excluding hydrogens is 260 g/mol. The molecule has 0 aliphatic heterocycles. The summed E-state index contributed by atoms with van der Waals surface area (Å²) in [6, 6.07) is 18.8. The number of nitrogens with two attached hydrogens (primary N) is 1. The number of hydrogen-bond acceptors (Lipinski definition) is 3. The summed E-state index contributed by atoms with van der Waals surface area (Å²) in [7, 11) is 0. The molecule has 0 heterocycles. The lowest BCUT2D eigenvalue weighted by molar-refractivity contribution is 0.285. The monoisotopic (exact) mass is 284 g/mol. The van der Waals surface area contributed by atoms with Crippen LogP contribution < -0.4 is 16.0 Å². The standard InChI is InChI=1S/C18H24N2O/c1-2-15-8-10-16(11-9-15)14-17(20-19)12-13-21-18-6-4-3-5-7-18/h3-11,17,20H,2,12-14,19H2,1H3. The van der Waals surface area contributed by atoms with Crippen molar-refractivity contribution in [2.24, 2.45) is 5.84 Å². The molecular formula is C18H24N2O. The third-order valence-electron chi connectivity index (χ3n) is 3.63. The first-order valence-electron chi connectivity index (χ1n) is 7.53. The van der Waals surface area contributed by atoms with Gasteiger partial charge < -0.3 is 4.74 Å². The highest BCUT2D eigenvalue weighted by molar-refractivity contribution is 5.23. The van der Waals surface area contributed by atoms with Crippen LogP contribution in [-0.2, 0) is 12.8 Å². The van der Waals surface area contributed by atoms with Gasteiger partial charge in [0, 0.05) is 6.04 Å². The van der Waals surface area contributed by atoms with E-state index in [1.165, 1.54) is 11.1 Å². The van der Waals surface area contributed by atoms with Crippen LogP contribution in [-0.4, -0.2) is 12.6 Å². The summed E-state index contributed by atoms with van der Waals surface area (Å²) in [5.41, 5.74) is 5.55. The predicted octanol–water partition coefficient (Wildman–Crippen LogP) is 3.09. The Morgan fingerprint density at radius 1 is 1.00 bits per heavy atom. The molecule has 0 aliphatic rings. The van der Waals surface area contributed by atoms with Crippen LogP contribution in [0.3, 0.4) is 0 Å². The first kappa shape index (κ1) is 15.5. The van der Waals surface area contributed by atoms with Gasteiger partial charge >= 0.3 is 0 Å². The van der Waals surface area contributed by atoms with E-state index in [0.717, 1.165) is 25.0 Å². The van der Waals surface area contributed by atoms with Crippen molar-refractivity contribution in [1.82, 2.24) is 5.43 Å². The van der Waals surface area contributed by atoms with Crippen LogP contribution in [0.25, 0.3) is 0 Å². The smallest absolute Gasteiger partial charge is 0.119 e. The molecule has 3 N–H and O–H groups in total. The average Bonchev–Trinajstić information content (AvgIpc) is 2.55. The van der Waals surface area contributed by atoms with Crippen molar-refractivity contribution in [1.29, 1.82) is 0 Å². The van der Waals surface area contributed by atoms with Crippen molar-refractivity contribution in [3.63, 3.8) is 0 Å². The van der Waals surface area contributed by atoms with Crippen molar-refractivity contribution >= 4 is 0 Å². The van der Waals surface area contributed by atoms with Gasteiger partial charge in [-0.05, 0) is 42.5 Å². The number of hydrogen-bond donors (Lipinski definition) is 2. The third-order valence-corrected chi connectivity index (χ3v) is 3.63. The van der Waals surface area contributed by atoms with Crippen molar-refractivity contribution in [2.75, 3.05) is 6.61 Å². The van der Waals surface area contributed by atoms with E-state index in [2.05, 4.69) is 36.6 Å². The van der Waals surface area contributed by atoms with E-state index in [-0.39, 0.29) is 6.04 Å². The molecule has 0 fully saturated rings. The number of nitrogens with one attached hydrogen (secondary N) is 1. The third kappa shape index (κ3) is 5.21. The summed E-state index contributed by atoms with van der Waals surface area (Å²) < 4.78 is 5.72. The molecule has 3 heteroatoms. The predicted molar refractivity (Wildman–Crippen MR) is 87.2 cm³/mol. The minimum absolute atomic E-state index is 0.223. The number of para-hydroxylation sites is 1. The Morgan fingerprint density at radius 2 is 1.67 bits per heavy atom. The van der Waals surface area contributed by atoms with Crippen molar-refractivity contribution in [3.05, 3.63) is 65.7 Å². The summed E-state index contributed by atoms with van der Waals surface area (Å²) >= 11 is 0. The van der Waals surface area contributed by atoms with Gasteiger partial charge in [0.15, 0.2) is 0 Å². The van der Waals surface area contributed by atoms with Gasteiger partial charge in [-0.1, -0.05) is 49.4 Å². The lowest BCUT2D eigenvalue weighted by Gasteiger charge is -2.16. The molecule has 112 valence electrons. The SMILES string of the molecule is CCc1ccc(CC(CCOc2ccccc2)NN)cc1. The number of hydrazine groups is 1. The molecule has 0 aromatic heterocycles. The molecule has 21 heavy (non-hydrogen) atoms. The quantitative estimate of drug-likeness (QED) is 0.578. The maximum absolute atomic E-state index is 5.72. The number of ether oxygens (including phenoxy) is 1. The van der Waals surface area contributed by atoms with E-state index < -0.39 is 0 Å². The van der Waals surface area contributed by atoms with Gasteiger partial charge in [-0.2, -0.15) is 0 Å². The van der Waals surface area contributed by atoms with E-state index in [4.69, 9.17) is 10.6 Å². The second-order valence-electron chi connectivity index (χ2n) is 5.19. The topological polar surface area (TPSA) is 47.3 Å². The molecule has 0 spiro atoms. The second-order valence-corrected chi connectivity index (χ2v) is 5.19. The van der Waals surface area contributed by atoms with Gasteiger partial charge in [-0.15, -0.1) is 0 Å². The lowest BCUT2D eigenvalue weighted by atomic mass is 10.0. The Balaban J connectivity index is 1.79. The minimum atomic E-state index is 0.223. The fourth-order valence-electron chi connectivity index (χ4n) is 2.28. The molecule has 0 aliphatic carbocycles. The van der Waals surface area contributed by atoms with Crippen molar-refractivity contribution < 1.29 is 4.74 Å². The summed E-state index contributed by atoms with van der Waals surface area (Å²) in [4.78, 5) is 0. The number of benzene rings is 2. The molecule has 1 atom stereocenters. The average molecular weight is 284 g/mol. The number of rotatable bonds is 8. The van der Waals surface area contributed by atoms with Crippen LogP contribution in [0.2, 0.25) is 0 Å². The summed E-state index contributed by atoms with van der Waals surface area (Å²) in [5, 5.41) is 0. The Labute approximate surface area is 127 Å². The van der Waals surface area contributed by atoms with Gasteiger partial charge in [0.1, 0.15) is 5.75 Å². The Morgan fingerprint density at radius 3 is 2.29 bits per heavy atom. The molecule has 0 saturated carbocycles. The van der Waals surface area contributed by atoms with Crippen LogP contribution in [0.15, 0.2) is 54.6 Å². The zero-order chi connectivity index (χ0) is 14.9. The van der Waals surface area contributed by atoms with Gasteiger partial charge in [0.05, 0.1) is 6.61 Å². The first-order chi connectivity index (χ1) is 10.3. The Bertz CT molecular complexity index is 511. The summed E-state index contributed by atoms with van der Waals surface area (Å²) in [6.45, 7) is 2.83. The molecule has 2 rings (SSSR count). The van der Waals surface area contributed by atoms with Gasteiger partial charge in [-0.3, -0.25) is 11.3 Å². The molecule has 0 saturated heterocycles. The van der Waals surface area contributed by atoms with Crippen molar-refractivity contribution in [2.45, 2.75) is 32.2 Å². The summed E-state index contributed by atoms with van der Waals surface area (Å²) in [6.07, 6.45) is 2.86. The van der Waals surface area contributed by atoms with E-state index in [1.807, 2.05) is 30.3 Å². The molecule has 2 aromatic carbocycles. The Hall–Kier alpha value is -1.84. The Kier molecular flexibility index (Phi) is 6.25. The summed E-state index contributed by atoms with van der Waals surface area (Å²) in [5.74, 6) is 6.55. The van der Waals surface area contributed by atoms with Crippen LogP contribution in [0, 0.1) is 0 Å². The maximum Gasteiger partial charge on any atom is 0.119 e. The van der Waals surface area contributed by atoms with Gasteiger partial charge in [0.25, 0.3) is 0 Å². The first-order valence-corrected chi connectivity index (χ1v) is 7.53. The molecule has 0 radical (unpaired) electrons. The second kappa shape index (κ2) is 8.45. The lowest BCUT2D eigenvalue weighted by Crippen LogP contribution is -2.37. The molecule has 0 bridgehead atoms. The highest BCUT2D eigenvalue weighted by Gasteiger charge is 2.08. The van der Waals surface area contributed by atoms with E-state index >= 15 is 0 Å². The van der Waals surface area contributed by atoms with Crippen LogP contribution in [0.4, 0.5) is 0 Å². The van der Waals surface area contributed by atoms with Crippen molar-refractivity contribution in [3.8, 4) is 5.75 Å². The normalized spacial score (nSPS) is 12.1. The molecule has 1 unspecified atom stereocenters. The number of aryl methyl sites for hydroxylation is 1. The molecule has 0 amide bonds. The molecule has 3 nitrogen and oxygen atoms in total. The van der Waals surface area contributed by atoms with E-state index in [0.29, 0.717) is 6.61 Å². The van der Waals surface area contributed by atoms with Crippen LogP contribution in [0.5, 0.6) is 5.75 Å². The van der Waals surface area contributed by atoms with Crippen LogP contribution >= 0.6 is 0 Å². The zero-order valence-electron chi connectivity index (χ0n) is 12.6. The zero-order valence-corrected chi connectivity index (χ0v) is 12.6. The largest absolute Gasteiger partial charge is 0.494 e. The fourth-order valence-corrected chi connectivity index (χ4v) is 2.28. The highest BCUT2D eigenvalue weighted by atomic mass is 16.5. The maximum atomic E-state index is 5.72. The fraction of sp³-hybridized carbons (Fsp3) is 0.333. The van der Waals surface area contributed by atoms with Gasteiger partial charge in [-0.25, -0.2) is 0 Å². The molecule has 2 aromatic rings. The van der Waals surface area contributed by atoms with Gasteiger partial charge in [0.2, 0.25) is 0 Å². The van der Waals surface area contributed by atoms with Crippen LogP contribution in [0.1, 0.15) is 24.5 Å². The minimum Gasteiger partial charge on any atom is -0.494 e. The van der Waals surface area contributed by atoms with E-state index in [1.54, 1.807) is 0 Å². The highest BCUT2D eigenvalue weighted by Crippen LogP contribution is 2.11. The van der Waals surface area contributed by atoms with E-state index in [9.17, 15) is 0 Å².